The van der Waals surface area contributed by atoms with Gasteiger partial charge in [0.15, 0.2) is 5.16 Å². The van der Waals surface area contributed by atoms with Gasteiger partial charge in [-0.15, -0.1) is 0 Å². The monoisotopic (exact) mass is 397 g/mol. The molecule has 3 aromatic rings. The van der Waals surface area contributed by atoms with E-state index in [0.717, 1.165) is 27.9 Å². The van der Waals surface area contributed by atoms with E-state index in [2.05, 4.69) is 10.3 Å². The van der Waals surface area contributed by atoms with Crippen LogP contribution in [0.5, 0.6) is 11.5 Å². The van der Waals surface area contributed by atoms with Crippen LogP contribution in [-0.4, -0.2) is 34.9 Å². The van der Waals surface area contributed by atoms with Crippen LogP contribution in [0, 0.1) is 0 Å². The highest BCUT2D eigenvalue weighted by molar-refractivity contribution is 8.00. The Morgan fingerprint density at radius 3 is 2.29 bits per heavy atom. The van der Waals surface area contributed by atoms with E-state index in [-0.39, 0.29) is 11.2 Å². The number of nitrogens with zero attached hydrogens (tertiary/aromatic N) is 2. The minimum atomic E-state index is -0.280. The first-order chi connectivity index (χ1) is 13.6. The lowest BCUT2D eigenvalue weighted by Crippen LogP contribution is -2.30. The van der Waals surface area contributed by atoms with Crippen LogP contribution in [0.1, 0.15) is 12.5 Å². The lowest BCUT2D eigenvalue weighted by molar-refractivity contribution is -0.120. The Bertz CT molecular complexity index is 907. The number of carbonyl (C=O) groups excluding carboxylic acids is 1. The van der Waals surface area contributed by atoms with Gasteiger partial charge in [0, 0.05) is 24.6 Å². The van der Waals surface area contributed by atoms with Gasteiger partial charge in [-0.2, -0.15) is 0 Å². The normalized spacial score (nSPS) is 11.7. The molecule has 0 unspecified atom stereocenters. The third kappa shape index (κ3) is 4.86. The molecule has 1 N–H and O–H groups in total. The molecular formula is C21H23N3O3S. The predicted octanol–water partition coefficient (Wildman–Crippen LogP) is 3.69. The Labute approximate surface area is 168 Å². The average molecular weight is 398 g/mol. The molecule has 6 nitrogen and oxygen atoms in total. The minimum Gasteiger partial charge on any atom is -0.497 e. The second-order valence-corrected chi connectivity index (χ2v) is 7.41. The van der Waals surface area contributed by atoms with Gasteiger partial charge in [0.25, 0.3) is 0 Å². The Kier molecular flexibility index (Phi) is 6.60. The van der Waals surface area contributed by atoms with Gasteiger partial charge >= 0.3 is 0 Å². The van der Waals surface area contributed by atoms with Crippen molar-refractivity contribution in [3.8, 4) is 17.2 Å². The van der Waals surface area contributed by atoms with E-state index < -0.39 is 0 Å². The average Bonchev–Trinajstić information content (AvgIpc) is 3.20. The summed E-state index contributed by atoms with van der Waals surface area (Å²) in [4.78, 5) is 16.9. The molecule has 0 fully saturated rings. The highest BCUT2D eigenvalue weighted by atomic mass is 32.2. The fraction of sp³-hybridized carbons (Fsp3) is 0.238. The van der Waals surface area contributed by atoms with Crippen LogP contribution in [0.25, 0.3) is 5.69 Å². The molecule has 0 saturated carbocycles. The SMILES string of the molecule is COc1ccc(CNC(=O)[C@@H](C)Sc2nccn2-c2ccc(OC)cc2)cc1. The maximum Gasteiger partial charge on any atom is 0.233 e. The summed E-state index contributed by atoms with van der Waals surface area (Å²) in [7, 11) is 3.27. The van der Waals surface area contributed by atoms with Crippen LogP contribution in [-0.2, 0) is 11.3 Å². The van der Waals surface area contributed by atoms with Crippen LogP contribution in [0.15, 0.2) is 66.1 Å². The van der Waals surface area contributed by atoms with Gasteiger partial charge in [-0.1, -0.05) is 23.9 Å². The summed E-state index contributed by atoms with van der Waals surface area (Å²) in [6, 6.07) is 15.3. The first kappa shape index (κ1) is 19.8. The number of methoxy groups -OCH3 is 2. The number of aromatic nitrogens is 2. The predicted molar refractivity (Wildman–Crippen MR) is 110 cm³/mol. The van der Waals surface area contributed by atoms with E-state index in [4.69, 9.17) is 9.47 Å². The molecule has 0 bridgehead atoms. The van der Waals surface area contributed by atoms with E-state index >= 15 is 0 Å². The Morgan fingerprint density at radius 2 is 1.68 bits per heavy atom. The van der Waals surface area contributed by atoms with E-state index in [1.165, 1.54) is 11.8 Å². The minimum absolute atomic E-state index is 0.0369. The molecule has 146 valence electrons. The summed E-state index contributed by atoms with van der Waals surface area (Å²) < 4.78 is 12.3. The third-order valence-corrected chi connectivity index (χ3v) is 5.32. The molecule has 0 radical (unpaired) electrons. The van der Waals surface area contributed by atoms with E-state index in [1.54, 1.807) is 20.4 Å². The van der Waals surface area contributed by atoms with Crippen molar-refractivity contribution < 1.29 is 14.3 Å². The highest BCUT2D eigenvalue weighted by Crippen LogP contribution is 2.25. The summed E-state index contributed by atoms with van der Waals surface area (Å²) in [5.74, 6) is 1.55. The Morgan fingerprint density at radius 1 is 1.07 bits per heavy atom. The van der Waals surface area contributed by atoms with Crippen molar-refractivity contribution in [2.24, 2.45) is 0 Å². The summed E-state index contributed by atoms with van der Waals surface area (Å²) in [6.45, 7) is 2.35. The first-order valence-corrected chi connectivity index (χ1v) is 9.73. The van der Waals surface area contributed by atoms with Gasteiger partial charge in [0.1, 0.15) is 11.5 Å². The number of carbonyl (C=O) groups is 1. The molecule has 28 heavy (non-hydrogen) atoms. The molecule has 7 heteroatoms. The standard InChI is InChI=1S/C21H23N3O3S/c1-15(20(25)23-14-16-4-8-18(26-2)9-5-16)28-21-22-12-13-24(21)17-6-10-19(27-3)11-7-17/h4-13,15H,14H2,1-3H3,(H,23,25)/t15-/m1/s1. The van der Waals surface area contributed by atoms with Gasteiger partial charge in [0.2, 0.25) is 5.91 Å². The molecule has 0 saturated heterocycles. The molecule has 3 rings (SSSR count). The smallest absolute Gasteiger partial charge is 0.233 e. The summed E-state index contributed by atoms with van der Waals surface area (Å²) in [5, 5.41) is 3.45. The van der Waals surface area contributed by atoms with Gasteiger partial charge in [-0.25, -0.2) is 4.98 Å². The molecule has 0 aliphatic rings. The lowest BCUT2D eigenvalue weighted by Gasteiger charge is -2.13. The maximum atomic E-state index is 12.5. The Hall–Kier alpha value is -2.93. The zero-order valence-electron chi connectivity index (χ0n) is 16.1. The highest BCUT2D eigenvalue weighted by Gasteiger charge is 2.17. The van der Waals surface area contributed by atoms with Crippen molar-refractivity contribution in [3.05, 3.63) is 66.5 Å². The number of rotatable bonds is 8. The zero-order valence-corrected chi connectivity index (χ0v) is 16.9. The molecule has 0 aliphatic carbocycles. The number of amides is 1. The zero-order chi connectivity index (χ0) is 19.9. The maximum absolute atomic E-state index is 12.5. The fourth-order valence-electron chi connectivity index (χ4n) is 2.60. The number of hydrogen-bond acceptors (Lipinski definition) is 5. The molecule has 1 aromatic heterocycles. The number of ether oxygens (including phenoxy) is 2. The van der Waals surface area contributed by atoms with Gasteiger partial charge < -0.3 is 14.8 Å². The molecule has 1 heterocycles. The fourth-order valence-corrected chi connectivity index (χ4v) is 3.51. The van der Waals surface area contributed by atoms with Gasteiger partial charge in [0.05, 0.1) is 19.5 Å². The number of thioether (sulfide) groups is 1. The summed E-state index contributed by atoms with van der Waals surface area (Å²) >= 11 is 1.42. The topological polar surface area (TPSA) is 65.4 Å². The third-order valence-electron chi connectivity index (χ3n) is 4.23. The summed E-state index contributed by atoms with van der Waals surface area (Å²) in [5.41, 5.74) is 1.98. The first-order valence-electron chi connectivity index (χ1n) is 8.86. The van der Waals surface area contributed by atoms with Crippen molar-refractivity contribution in [3.63, 3.8) is 0 Å². The number of hydrogen-bond donors (Lipinski definition) is 1. The number of benzene rings is 2. The Balaban J connectivity index is 1.60. The van der Waals surface area contributed by atoms with Gasteiger partial charge in [-0.05, 0) is 48.9 Å². The van der Waals surface area contributed by atoms with Crippen molar-refractivity contribution >= 4 is 17.7 Å². The van der Waals surface area contributed by atoms with E-state index in [9.17, 15) is 4.79 Å². The van der Waals surface area contributed by atoms with Crippen LogP contribution < -0.4 is 14.8 Å². The quantitative estimate of drug-likeness (QED) is 0.588. The largest absolute Gasteiger partial charge is 0.497 e. The van der Waals surface area contributed by atoms with Crippen molar-refractivity contribution in [1.82, 2.24) is 14.9 Å². The molecule has 1 amide bonds. The number of nitrogens with one attached hydrogen (secondary N) is 1. The van der Waals surface area contributed by atoms with Crippen LogP contribution in [0.4, 0.5) is 0 Å². The second-order valence-electron chi connectivity index (χ2n) is 6.10. The van der Waals surface area contributed by atoms with E-state index in [1.807, 2.05) is 66.2 Å². The molecular weight excluding hydrogens is 374 g/mol. The van der Waals surface area contributed by atoms with Crippen LogP contribution >= 0.6 is 11.8 Å². The van der Waals surface area contributed by atoms with Crippen LogP contribution in [0.3, 0.4) is 0 Å². The number of imidazole rings is 1. The van der Waals surface area contributed by atoms with E-state index in [0.29, 0.717) is 6.54 Å². The van der Waals surface area contributed by atoms with Crippen molar-refractivity contribution in [2.45, 2.75) is 23.9 Å². The van der Waals surface area contributed by atoms with Crippen molar-refractivity contribution in [1.29, 1.82) is 0 Å². The van der Waals surface area contributed by atoms with Crippen molar-refractivity contribution in [2.75, 3.05) is 14.2 Å². The molecule has 1 atom stereocenters. The second kappa shape index (κ2) is 9.32. The van der Waals surface area contributed by atoms with Crippen LogP contribution in [0.2, 0.25) is 0 Å². The lowest BCUT2D eigenvalue weighted by atomic mass is 10.2. The molecule has 0 aliphatic heterocycles. The van der Waals surface area contributed by atoms with Gasteiger partial charge in [-0.3, -0.25) is 9.36 Å². The summed E-state index contributed by atoms with van der Waals surface area (Å²) in [6.07, 6.45) is 3.61. The molecule has 0 spiro atoms. The molecule has 2 aromatic carbocycles.